The van der Waals surface area contributed by atoms with Crippen LogP contribution in [-0.2, 0) is 4.79 Å². The molecule has 1 heterocycles. The highest BCUT2D eigenvalue weighted by molar-refractivity contribution is 8.24. The maximum absolute atomic E-state index is 12.7. The van der Waals surface area contributed by atoms with Gasteiger partial charge in [-0.05, 0) is 30.6 Å². The SMILES string of the molecule is Cc1ccc([N+](=O)[O-])cc1NC([O-])=C(NNC(=S)NN)C1SC(=S)NC1=O. The number of anilines is 1. The number of thiocarbonyl (C=S) groups is 2. The average molecular weight is 429 g/mol. The normalized spacial score (nSPS) is 16.9. The van der Waals surface area contributed by atoms with Gasteiger partial charge in [-0.2, -0.15) is 0 Å². The number of hydrogen-bond donors (Lipinski definition) is 6. The zero-order chi connectivity index (χ0) is 20.1. The van der Waals surface area contributed by atoms with Crippen molar-refractivity contribution < 1.29 is 14.8 Å². The summed E-state index contributed by atoms with van der Waals surface area (Å²) < 4.78 is 0.211. The molecule has 1 saturated heterocycles. The number of benzene rings is 1. The van der Waals surface area contributed by atoms with Crippen LogP contribution in [0.1, 0.15) is 5.56 Å². The molecule has 0 aliphatic carbocycles. The van der Waals surface area contributed by atoms with E-state index >= 15 is 0 Å². The van der Waals surface area contributed by atoms with Crippen molar-refractivity contribution in [2.45, 2.75) is 12.2 Å². The summed E-state index contributed by atoms with van der Waals surface area (Å²) in [6, 6.07) is 4.04. The van der Waals surface area contributed by atoms with Gasteiger partial charge in [0.15, 0.2) is 5.11 Å². The number of nitrogens with two attached hydrogens (primary N) is 1. The van der Waals surface area contributed by atoms with Crippen LogP contribution in [0.15, 0.2) is 29.8 Å². The molecule has 2 rings (SSSR count). The summed E-state index contributed by atoms with van der Waals surface area (Å²) in [6.07, 6.45) is 0. The third-order valence-electron chi connectivity index (χ3n) is 3.32. The minimum absolute atomic E-state index is 0.0298. The first kappa shape index (κ1) is 20.6. The molecule has 0 radical (unpaired) electrons. The number of non-ortho nitro benzene ring substituents is 1. The maximum Gasteiger partial charge on any atom is 0.271 e. The Morgan fingerprint density at radius 1 is 1.41 bits per heavy atom. The molecule has 1 aliphatic rings. The molecule has 0 aromatic heterocycles. The Morgan fingerprint density at radius 3 is 2.67 bits per heavy atom. The van der Waals surface area contributed by atoms with Gasteiger partial charge in [0.2, 0.25) is 5.91 Å². The standard InChI is InChI=1S/C13H15N7O4S3/c1-5-2-3-6(20(23)24)4-7(5)15-10(21)8(18-19-12(25)17-14)9-11(22)16-13(26)27-9/h2-4,9,15,18,21H,14H2,1H3,(H,16,22,26)(H2,17,19,25)/p-1. The van der Waals surface area contributed by atoms with Gasteiger partial charge in [0, 0.05) is 17.8 Å². The van der Waals surface area contributed by atoms with E-state index in [0.29, 0.717) is 5.56 Å². The number of carbonyl (C=O) groups is 1. The van der Waals surface area contributed by atoms with Crippen molar-refractivity contribution in [2.24, 2.45) is 5.84 Å². The Hall–Kier alpha value is -2.68. The van der Waals surface area contributed by atoms with Crippen molar-refractivity contribution >= 4 is 62.9 Å². The van der Waals surface area contributed by atoms with Gasteiger partial charge in [-0.1, -0.05) is 30.0 Å². The van der Waals surface area contributed by atoms with Crippen molar-refractivity contribution in [3.63, 3.8) is 0 Å². The smallest absolute Gasteiger partial charge is 0.271 e. The van der Waals surface area contributed by atoms with Gasteiger partial charge in [0.1, 0.15) is 9.57 Å². The van der Waals surface area contributed by atoms with E-state index in [9.17, 15) is 20.0 Å². The van der Waals surface area contributed by atoms with Crippen molar-refractivity contribution in [3.8, 4) is 0 Å². The molecule has 1 fully saturated rings. The highest BCUT2D eigenvalue weighted by Gasteiger charge is 2.33. The van der Waals surface area contributed by atoms with Crippen LogP contribution in [0.25, 0.3) is 0 Å². The van der Waals surface area contributed by atoms with Gasteiger partial charge < -0.3 is 21.2 Å². The number of aryl methyl sites for hydroxylation is 1. The van der Waals surface area contributed by atoms with Crippen LogP contribution < -0.4 is 37.9 Å². The summed E-state index contributed by atoms with van der Waals surface area (Å²) in [5.74, 6) is 3.95. The van der Waals surface area contributed by atoms with Crippen LogP contribution in [0.3, 0.4) is 0 Å². The van der Waals surface area contributed by atoms with Crippen LogP contribution >= 0.6 is 36.2 Å². The number of nitro groups is 1. The number of amides is 1. The summed E-state index contributed by atoms with van der Waals surface area (Å²) in [4.78, 5) is 22.4. The Kier molecular flexibility index (Phi) is 6.73. The van der Waals surface area contributed by atoms with Crippen molar-refractivity contribution in [1.82, 2.24) is 21.6 Å². The molecule has 1 unspecified atom stereocenters. The fourth-order valence-corrected chi connectivity index (χ4v) is 3.26. The number of nitrogens with one attached hydrogen (secondary N) is 5. The Balaban J connectivity index is 2.36. The zero-order valence-electron chi connectivity index (χ0n) is 13.7. The van der Waals surface area contributed by atoms with Crippen LogP contribution in [0.4, 0.5) is 11.4 Å². The lowest BCUT2D eigenvalue weighted by atomic mass is 10.2. The van der Waals surface area contributed by atoms with Crippen LogP contribution in [0.2, 0.25) is 0 Å². The molecule has 1 amide bonds. The average Bonchev–Trinajstić information content (AvgIpc) is 2.94. The largest absolute Gasteiger partial charge is 0.859 e. The molecule has 11 nitrogen and oxygen atoms in total. The first-order chi connectivity index (χ1) is 12.7. The maximum atomic E-state index is 12.7. The monoisotopic (exact) mass is 428 g/mol. The van der Waals surface area contributed by atoms with Gasteiger partial charge in [-0.25, -0.2) is 5.84 Å². The molecule has 14 heteroatoms. The molecular weight excluding hydrogens is 414 g/mol. The minimum atomic E-state index is -0.968. The minimum Gasteiger partial charge on any atom is -0.859 e. The quantitative estimate of drug-likeness (QED) is 0.110. The van der Waals surface area contributed by atoms with Crippen LogP contribution in [0, 0.1) is 17.0 Å². The first-order valence-electron chi connectivity index (χ1n) is 7.20. The number of carbonyl (C=O) groups excluding carboxylic acids is 1. The molecule has 0 saturated carbocycles. The number of hydrogen-bond acceptors (Lipinski definition) is 10. The van der Waals surface area contributed by atoms with Gasteiger partial charge in [-0.3, -0.25) is 25.8 Å². The Bertz CT molecular complexity index is 845. The summed E-state index contributed by atoms with van der Waals surface area (Å²) in [6.45, 7) is 1.67. The second-order valence-electron chi connectivity index (χ2n) is 5.12. The molecule has 1 aromatic rings. The fraction of sp³-hybridized carbons (Fsp3) is 0.154. The zero-order valence-corrected chi connectivity index (χ0v) is 16.1. The van der Waals surface area contributed by atoms with E-state index in [0.717, 1.165) is 11.8 Å². The predicted octanol–water partition coefficient (Wildman–Crippen LogP) is -0.797. The topological polar surface area (TPSA) is 169 Å². The Morgan fingerprint density at radius 2 is 2.11 bits per heavy atom. The van der Waals surface area contributed by atoms with Crippen molar-refractivity contribution in [3.05, 3.63) is 45.5 Å². The Labute approximate surface area is 168 Å². The summed E-state index contributed by atoms with van der Waals surface area (Å²) in [7, 11) is 0. The van der Waals surface area contributed by atoms with E-state index < -0.39 is 22.0 Å². The molecule has 144 valence electrons. The molecule has 0 bridgehead atoms. The molecule has 0 spiro atoms. The molecule has 1 aliphatic heterocycles. The third-order valence-corrected chi connectivity index (χ3v) is 4.93. The number of rotatable bonds is 6. The van der Waals surface area contributed by atoms with Crippen molar-refractivity contribution in [1.29, 1.82) is 0 Å². The molecule has 1 aromatic carbocycles. The second kappa shape index (κ2) is 8.81. The van der Waals surface area contributed by atoms with Gasteiger partial charge in [0.25, 0.3) is 5.69 Å². The highest BCUT2D eigenvalue weighted by Crippen LogP contribution is 2.27. The van der Waals surface area contributed by atoms with E-state index in [1.807, 2.05) is 0 Å². The lowest BCUT2D eigenvalue weighted by Gasteiger charge is -2.25. The van der Waals surface area contributed by atoms with Gasteiger partial charge >= 0.3 is 0 Å². The second-order valence-corrected chi connectivity index (χ2v) is 7.31. The lowest BCUT2D eigenvalue weighted by Crippen LogP contribution is -2.49. The molecule has 1 atom stereocenters. The van der Waals surface area contributed by atoms with Crippen LogP contribution in [0.5, 0.6) is 0 Å². The lowest BCUT2D eigenvalue weighted by molar-refractivity contribution is -0.384. The third kappa shape index (κ3) is 5.16. The molecule has 7 N–H and O–H groups in total. The number of hydrazine groups is 2. The predicted molar refractivity (Wildman–Crippen MR) is 107 cm³/mol. The van der Waals surface area contributed by atoms with E-state index in [-0.39, 0.29) is 26.5 Å². The van der Waals surface area contributed by atoms with E-state index in [2.05, 4.69) is 26.9 Å². The van der Waals surface area contributed by atoms with E-state index in [1.165, 1.54) is 18.2 Å². The summed E-state index contributed by atoms with van der Waals surface area (Å²) in [5, 5.41) is 27.7. The molecule has 27 heavy (non-hydrogen) atoms. The van der Waals surface area contributed by atoms with Crippen LogP contribution in [-0.4, -0.2) is 25.5 Å². The van der Waals surface area contributed by atoms with E-state index in [4.69, 9.17) is 30.3 Å². The highest BCUT2D eigenvalue weighted by atomic mass is 32.2. The van der Waals surface area contributed by atoms with Gasteiger partial charge in [-0.15, -0.1) is 0 Å². The van der Waals surface area contributed by atoms with Crippen molar-refractivity contribution in [2.75, 3.05) is 5.32 Å². The molecular formula is C13H14N7O4S3-. The van der Waals surface area contributed by atoms with Gasteiger partial charge in [0.05, 0.1) is 10.6 Å². The number of nitrogens with zero attached hydrogens (tertiary/aromatic N) is 1. The fourth-order valence-electron chi connectivity index (χ4n) is 2.00. The van der Waals surface area contributed by atoms with E-state index in [1.54, 1.807) is 6.92 Å². The summed E-state index contributed by atoms with van der Waals surface area (Å²) in [5.41, 5.74) is 7.67. The number of nitro benzene ring substituents is 1. The summed E-state index contributed by atoms with van der Waals surface area (Å²) >= 11 is 10.7. The number of thioether (sulfide) groups is 1. The first-order valence-corrected chi connectivity index (χ1v) is 8.90.